The first-order valence-corrected chi connectivity index (χ1v) is 5.84. The molecule has 88 valence electrons. The molecule has 2 aromatic rings. The van der Waals surface area contributed by atoms with Crippen molar-refractivity contribution in [1.29, 1.82) is 0 Å². The molecule has 1 heterocycles. The zero-order valence-corrected chi connectivity index (χ0v) is 9.80. The summed E-state index contributed by atoms with van der Waals surface area (Å²) in [4.78, 5) is 1.48. The van der Waals surface area contributed by atoms with Crippen LogP contribution in [-0.2, 0) is 20.0 Å². The van der Waals surface area contributed by atoms with Crippen LogP contribution in [-0.4, -0.2) is 26.8 Å². The Kier molecular flexibility index (Phi) is 2.60. The fourth-order valence-corrected chi connectivity index (χ4v) is 2.30. The van der Waals surface area contributed by atoms with E-state index in [1.54, 1.807) is 7.05 Å². The Morgan fingerprint density at radius 3 is 3.06 bits per heavy atom. The second kappa shape index (κ2) is 4.25. The first-order valence-electron chi connectivity index (χ1n) is 5.84. The van der Waals surface area contributed by atoms with Crippen molar-refractivity contribution < 1.29 is 0 Å². The molecule has 1 N–H and O–H groups in total. The number of nitrogens with zero attached hydrogens (tertiary/aromatic N) is 4. The molecule has 1 aromatic heterocycles. The zero-order valence-electron chi connectivity index (χ0n) is 9.80. The van der Waals surface area contributed by atoms with E-state index in [0.29, 0.717) is 12.5 Å². The van der Waals surface area contributed by atoms with Crippen molar-refractivity contribution in [1.82, 2.24) is 25.5 Å². The van der Waals surface area contributed by atoms with E-state index in [-0.39, 0.29) is 0 Å². The van der Waals surface area contributed by atoms with Crippen molar-refractivity contribution in [2.75, 3.05) is 6.54 Å². The van der Waals surface area contributed by atoms with Gasteiger partial charge in [-0.05, 0) is 22.8 Å². The number of hydrogen-bond donors (Lipinski definition) is 1. The van der Waals surface area contributed by atoms with Gasteiger partial charge in [0.2, 0.25) is 0 Å². The van der Waals surface area contributed by atoms with Gasteiger partial charge in [0.25, 0.3) is 0 Å². The number of fused-ring (bicyclic) bond motifs is 1. The molecule has 0 spiro atoms. The highest BCUT2D eigenvalue weighted by Gasteiger charge is 2.24. The number of rotatable bonds is 4. The highest BCUT2D eigenvalue weighted by molar-refractivity contribution is 5.40. The molecule has 1 atom stereocenters. The molecule has 0 saturated heterocycles. The summed E-state index contributed by atoms with van der Waals surface area (Å²) in [7, 11) is 1.78. The minimum Gasteiger partial charge on any atom is -0.309 e. The fourth-order valence-electron chi connectivity index (χ4n) is 2.30. The second-order valence-corrected chi connectivity index (χ2v) is 4.43. The number of hydrogen-bond acceptors (Lipinski definition) is 4. The van der Waals surface area contributed by atoms with Crippen LogP contribution in [0.5, 0.6) is 0 Å². The predicted molar refractivity (Wildman–Crippen MR) is 63.4 cm³/mol. The lowest BCUT2D eigenvalue weighted by Crippen LogP contribution is -2.29. The van der Waals surface area contributed by atoms with Crippen molar-refractivity contribution in [3.8, 4) is 0 Å². The van der Waals surface area contributed by atoms with Crippen molar-refractivity contribution in [2.24, 2.45) is 7.05 Å². The Balaban J connectivity index is 1.51. The number of tetrazole rings is 1. The first-order chi connectivity index (χ1) is 8.33. The van der Waals surface area contributed by atoms with E-state index >= 15 is 0 Å². The summed E-state index contributed by atoms with van der Waals surface area (Å²) in [6.45, 7) is 1.67. The van der Waals surface area contributed by atoms with Crippen LogP contribution < -0.4 is 5.32 Å². The van der Waals surface area contributed by atoms with Crippen LogP contribution in [0.3, 0.4) is 0 Å². The Morgan fingerprint density at radius 2 is 2.29 bits per heavy atom. The molecule has 1 aliphatic rings. The molecule has 1 unspecified atom stereocenters. The molecule has 0 aliphatic heterocycles. The third kappa shape index (κ3) is 2.06. The van der Waals surface area contributed by atoms with E-state index in [2.05, 4.69) is 45.0 Å². The maximum Gasteiger partial charge on any atom is 0.188 e. The number of aryl methyl sites for hydroxylation is 1. The maximum atomic E-state index is 4.13. The molecule has 3 rings (SSSR count). The molecule has 5 nitrogen and oxygen atoms in total. The van der Waals surface area contributed by atoms with Crippen LogP contribution >= 0.6 is 0 Å². The summed E-state index contributed by atoms with van der Waals surface area (Å²) in [6, 6.07) is 8.63. The quantitative estimate of drug-likeness (QED) is 0.836. The predicted octanol–water partition coefficient (Wildman–Crippen LogP) is 0.640. The van der Waals surface area contributed by atoms with Crippen LogP contribution in [0.2, 0.25) is 0 Å². The minimum atomic E-state index is 0.642. The number of benzene rings is 1. The van der Waals surface area contributed by atoms with Gasteiger partial charge in [0.1, 0.15) is 0 Å². The van der Waals surface area contributed by atoms with Crippen LogP contribution in [0.25, 0.3) is 0 Å². The molecule has 1 aliphatic carbocycles. The van der Waals surface area contributed by atoms with Gasteiger partial charge in [-0.3, -0.25) is 0 Å². The number of nitrogens with one attached hydrogen (secondary N) is 1. The van der Waals surface area contributed by atoms with Gasteiger partial charge in [-0.1, -0.05) is 24.3 Å². The minimum absolute atomic E-state index is 0.642. The summed E-state index contributed by atoms with van der Waals surface area (Å²) < 4.78 is 0. The second-order valence-electron chi connectivity index (χ2n) is 4.43. The lowest BCUT2D eigenvalue weighted by atomic mass is 9.78. The van der Waals surface area contributed by atoms with E-state index in [9.17, 15) is 0 Å². The third-order valence-electron chi connectivity index (χ3n) is 3.18. The molecule has 1 aromatic carbocycles. The third-order valence-corrected chi connectivity index (χ3v) is 3.18. The monoisotopic (exact) mass is 229 g/mol. The van der Waals surface area contributed by atoms with Crippen molar-refractivity contribution in [3.63, 3.8) is 0 Å². The van der Waals surface area contributed by atoms with Gasteiger partial charge in [-0.25, -0.2) is 0 Å². The van der Waals surface area contributed by atoms with Crippen LogP contribution in [0, 0.1) is 0 Å². The summed E-state index contributed by atoms with van der Waals surface area (Å²) in [6.07, 6.45) is 1.18. The van der Waals surface area contributed by atoms with E-state index < -0.39 is 0 Å². The molecule has 17 heavy (non-hydrogen) atoms. The normalized spacial score (nSPS) is 17.6. The molecular formula is C12H15N5. The topological polar surface area (TPSA) is 55.6 Å². The molecule has 5 heteroatoms. The highest BCUT2D eigenvalue weighted by Crippen LogP contribution is 2.33. The standard InChI is InChI=1S/C12H15N5/c1-17-15-12(14-16-17)8-13-7-10-6-9-4-2-3-5-11(9)10/h2-5,10,13H,6-8H2,1H3. The van der Waals surface area contributed by atoms with Gasteiger partial charge < -0.3 is 5.32 Å². The smallest absolute Gasteiger partial charge is 0.188 e. The van der Waals surface area contributed by atoms with Crippen LogP contribution in [0.15, 0.2) is 24.3 Å². The molecule has 0 amide bonds. The van der Waals surface area contributed by atoms with Gasteiger partial charge in [0.05, 0.1) is 13.6 Å². The van der Waals surface area contributed by atoms with Crippen molar-refractivity contribution in [3.05, 3.63) is 41.2 Å². The van der Waals surface area contributed by atoms with Crippen LogP contribution in [0.1, 0.15) is 22.9 Å². The molecule has 0 fully saturated rings. The van der Waals surface area contributed by atoms with E-state index in [0.717, 1.165) is 12.4 Å². The average molecular weight is 229 g/mol. The maximum absolute atomic E-state index is 4.13. The van der Waals surface area contributed by atoms with E-state index in [1.165, 1.54) is 22.3 Å². The van der Waals surface area contributed by atoms with Crippen molar-refractivity contribution in [2.45, 2.75) is 18.9 Å². The number of aromatic nitrogens is 4. The average Bonchev–Trinajstić information content (AvgIpc) is 2.71. The van der Waals surface area contributed by atoms with Crippen LogP contribution in [0.4, 0.5) is 0 Å². The van der Waals surface area contributed by atoms with Gasteiger partial charge in [0.15, 0.2) is 5.82 Å². The Hall–Kier alpha value is -1.75. The lowest BCUT2D eigenvalue weighted by Gasteiger charge is -2.30. The highest BCUT2D eigenvalue weighted by atomic mass is 15.6. The Bertz CT molecular complexity index is 519. The van der Waals surface area contributed by atoms with Gasteiger partial charge >= 0.3 is 0 Å². The Morgan fingerprint density at radius 1 is 1.41 bits per heavy atom. The zero-order chi connectivity index (χ0) is 11.7. The molecule has 0 radical (unpaired) electrons. The Labute approximate surface area is 99.8 Å². The fraction of sp³-hybridized carbons (Fsp3) is 0.417. The molecule has 0 saturated carbocycles. The van der Waals surface area contributed by atoms with Gasteiger partial charge in [-0.15, -0.1) is 10.2 Å². The molecule has 0 bridgehead atoms. The summed E-state index contributed by atoms with van der Waals surface area (Å²) in [5.74, 6) is 1.39. The summed E-state index contributed by atoms with van der Waals surface area (Å²) in [5, 5.41) is 15.2. The first kappa shape index (κ1) is 10.4. The molecular weight excluding hydrogens is 214 g/mol. The SMILES string of the molecule is Cn1nnc(CNCC2Cc3ccccc32)n1. The van der Waals surface area contributed by atoms with Gasteiger partial charge in [0, 0.05) is 12.5 Å². The summed E-state index contributed by atoms with van der Waals surface area (Å²) in [5.41, 5.74) is 2.96. The lowest BCUT2D eigenvalue weighted by molar-refractivity contribution is 0.527. The van der Waals surface area contributed by atoms with Crippen molar-refractivity contribution >= 4 is 0 Å². The van der Waals surface area contributed by atoms with E-state index in [4.69, 9.17) is 0 Å². The van der Waals surface area contributed by atoms with Gasteiger partial charge in [-0.2, -0.15) is 4.80 Å². The van der Waals surface area contributed by atoms with E-state index in [1.807, 2.05) is 0 Å². The largest absolute Gasteiger partial charge is 0.309 e. The summed E-state index contributed by atoms with van der Waals surface area (Å²) >= 11 is 0.